The monoisotopic (exact) mass is 584 g/mol. The molecule has 1 saturated heterocycles. The summed E-state index contributed by atoms with van der Waals surface area (Å²) in [7, 11) is 0. The van der Waals surface area contributed by atoms with Crippen LogP contribution in [-0.4, -0.2) is 61.8 Å². The zero-order chi connectivity index (χ0) is 30.3. The number of hydrogen-bond acceptors (Lipinski definition) is 7. The lowest BCUT2D eigenvalue weighted by molar-refractivity contribution is -0.127. The van der Waals surface area contributed by atoms with Crippen LogP contribution in [0.2, 0.25) is 5.02 Å². The van der Waals surface area contributed by atoms with Gasteiger partial charge in [-0.3, -0.25) is 14.6 Å². The summed E-state index contributed by atoms with van der Waals surface area (Å²) in [6.07, 6.45) is 3.80. The van der Waals surface area contributed by atoms with Crippen LogP contribution in [0.15, 0.2) is 60.0 Å². The topological polar surface area (TPSA) is 101 Å². The predicted octanol–water partition coefficient (Wildman–Crippen LogP) is 5.35. The summed E-state index contributed by atoms with van der Waals surface area (Å²) < 4.78 is 1.50. The highest BCUT2D eigenvalue weighted by Crippen LogP contribution is 2.37. The fourth-order valence-electron chi connectivity index (χ4n) is 5.67. The Balaban J connectivity index is 1.85. The van der Waals surface area contributed by atoms with Gasteiger partial charge in [0.2, 0.25) is 5.91 Å². The summed E-state index contributed by atoms with van der Waals surface area (Å²) >= 11 is 6.89. The number of carbonyl (C=O) groups is 2. The predicted molar refractivity (Wildman–Crippen MR) is 166 cm³/mol. The van der Waals surface area contributed by atoms with Crippen molar-refractivity contribution in [3.8, 4) is 16.9 Å². The van der Waals surface area contributed by atoms with Crippen molar-refractivity contribution < 1.29 is 9.59 Å². The first kappa shape index (κ1) is 29.1. The maximum Gasteiger partial charge on any atom is 0.355 e. The van der Waals surface area contributed by atoms with E-state index in [-0.39, 0.29) is 11.8 Å². The zero-order valence-electron chi connectivity index (χ0n) is 24.4. The van der Waals surface area contributed by atoms with Crippen LogP contribution < -0.4 is 10.6 Å². The third kappa shape index (κ3) is 4.98. The number of anilines is 1. The van der Waals surface area contributed by atoms with Crippen molar-refractivity contribution in [2.24, 2.45) is 0 Å². The van der Waals surface area contributed by atoms with Gasteiger partial charge in [0.15, 0.2) is 11.9 Å². The molecule has 10 heteroatoms. The van der Waals surface area contributed by atoms with Gasteiger partial charge in [0.05, 0.1) is 33.0 Å². The molecule has 4 heterocycles. The van der Waals surface area contributed by atoms with E-state index in [9.17, 15) is 14.4 Å². The largest absolute Gasteiger partial charge is 0.355 e. The fraction of sp³-hybridized carbons (Fsp3) is 0.312. The molecule has 1 fully saturated rings. The van der Waals surface area contributed by atoms with E-state index in [1.54, 1.807) is 35.4 Å². The summed E-state index contributed by atoms with van der Waals surface area (Å²) in [5, 5.41) is 0.886. The SMILES string of the molecule is C=CC(=O)N1CCN(c2nc(=O)n(-c3c(C)ccnc3C(C)C)c3nc(-c4ccccc4C=O)c(Cl)cc23)C(C)(C)C1. The Labute approximate surface area is 249 Å². The van der Waals surface area contributed by atoms with Gasteiger partial charge < -0.3 is 9.80 Å². The Kier molecular flexibility index (Phi) is 7.72. The van der Waals surface area contributed by atoms with Crippen molar-refractivity contribution in [3.63, 3.8) is 0 Å². The van der Waals surface area contributed by atoms with E-state index in [1.807, 2.05) is 51.7 Å². The molecular formula is C32H33ClN6O3. The first-order chi connectivity index (χ1) is 20.0. The first-order valence-corrected chi connectivity index (χ1v) is 14.2. The second-order valence-corrected chi connectivity index (χ2v) is 11.8. The Morgan fingerprint density at radius 2 is 1.88 bits per heavy atom. The molecule has 0 radical (unpaired) electrons. The zero-order valence-corrected chi connectivity index (χ0v) is 25.1. The average Bonchev–Trinajstić information content (AvgIpc) is 2.96. The van der Waals surface area contributed by atoms with Gasteiger partial charge in [-0.15, -0.1) is 0 Å². The number of carbonyl (C=O) groups excluding carboxylic acids is 2. The lowest BCUT2D eigenvalue weighted by atomic mass is 9.97. The van der Waals surface area contributed by atoms with Crippen molar-refractivity contribution >= 4 is 40.6 Å². The van der Waals surface area contributed by atoms with Gasteiger partial charge in [0.25, 0.3) is 0 Å². The van der Waals surface area contributed by atoms with Crippen LogP contribution in [-0.2, 0) is 4.79 Å². The first-order valence-electron chi connectivity index (χ1n) is 13.8. The van der Waals surface area contributed by atoms with Gasteiger partial charge in [-0.2, -0.15) is 4.98 Å². The minimum absolute atomic E-state index is 0.0125. The fourth-order valence-corrected chi connectivity index (χ4v) is 5.92. The molecule has 0 aliphatic carbocycles. The molecule has 1 aliphatic heterocycles. The van der Waals surface area contributed by atoms with Gasteiger partial charge in [-0.1, -0.05) is 56.3 Å². The molecule has 3 aromatic heterocycles. The molecule has 4 aromatic rings. The highest BCUT2D eigenvalue weighted by Gasteiger charge is 2.37. The molecule has 1 aliphatic rings. The molecule has 0 N–H and O–H groups in total. The molecule has 42 heavy (non-hydrogen) atoms. The van der Waals surface area contributed by atoms with Gasteiger partial charge in [0, 0.05) is 37.0 Å². The van der Waals surface area contributed by atoms with Crippen LogP contribution in [0.25, 0.3) is 28.0 Å². The number of aryl methyl sites for hydroxylation is 1. The number of fused-ring (bicyclic) bond motifs is 1. The van der Waals surface area contributed by atoms with Gasteiger partial charge >= 0.3 is 5.69 Å². The maximum atomic E-state index is 14.1. The van der Waals surface area contributed by atoms with Gasteiger partial charge in [-0.25, -0.2) is 14.3 Å². The highest BCUT2D eigenvalue weighted by molar-refractivity contribution is 6.34. The number of aldehydes is 1. The number of halogens is 1. The van der Waals surface area contributed by atoms with E-state index >= 15 is 0 Å². The van der Waals surface area contributed by atoms with Crippen molar-refractivity contribution in [1.29, 1.82) is 0 Å². The van der Waals surface area contributed by atoms with E-state index in [0.717, 1.165) is 17.5 Å². The van der Waals surface area contributed by atoms with E-state index in [0.29, 0.717) is 64.0 Å². The van der Waals surface area contributed by atoms with Crippen LogP contribution in [0.5, 0.6) is 0 Å². The van der Waals surface area contributed by atoms with E-state index < -0.39 is 11.2 Å². The minimum atomic E-state index is -0.571. The standard InChI is InChI=1S/C32H33ClN6O3/c1-7-25(41)37-14-15-38(32(5,6)18-37)29-23-16-24(33)27(22-11-9-8-10-21(22)17-40)35-30(23)39(31(42)36-29)28-20(4)12-13-34-26(28)19(2)3/h7-13,16-17,19H,1,14-15,18H2,2-6H3. The smallest absolute Gasteiger partial charge is 0.347 e. The molecule has 1 amide bonds. The summed E-state index contributed by atoms with van der Waals surface area (Å²) in [6, 6.07) is 10.7. The van der Waals surface area contributed by atoms with E-state index in [2.05, 4.69) is 16.5 Å². The summed E-state index contributed by atoms with van der Waals surface area (Å²) in [6.45, 7) is 14.9. The van der Waals surface area contributed by atoms with Crippen LogP contribution in [0.3, 0.4) is 0 Å². The van der Waals surface area contributed by atoms with Gasteiger partial charge in [0.1, 0.15) is 5.82 Å². The normalized spacial score (nSPS) is 14.8. The van der Waals surface area contributed by atoms with Gasteiger partial charge in [-0.05, 0) is 50.5 Å². The van der Waals surface area contributed by atoms with E-state index in [4.69, 9.17) is 16.6 Å². The summed E-state index contributed by atoms with van der Waals surface area (Å²) in [5.41, 5.74) is 2.82. The number of rotatable bonds is 6. The molecule has 0 saturated carbocycles. The Hall–Kier alpha value is -4.37. The number of aromatic nitrogens is 4. The van der Waals surface area contributed by atoms with Crippen LogP contribution >= 0.6 is 11.6 Å². The maximum absolute atomic E-state index is 14.1. The molecular weight excluding hydrogens is 552 g/mol. The third-order valence-electron chi connectivity index (χ3n) is 7.71. The van der Waals surface area contributed by atoms with Crippen molar-refractivity contribution in [2.45, 2.75) is 46.1 Å². The number of pyridine rings is 2. The molecule has 0 bridgehead atoms. The summed E-state index contributed by atoms with van der Waals surface area (Å²) in [5.74, 6) is 0.296. The van der Waals surface area contributed by atoms with E-state index in [1.165, 1.54) is 10.6 Å². The lowest BCUT2D eigenvalue weighted by Crippen LogP contribution is -2.61. The third-order valence-corrected chi connectivity index (χ3v) is 8.00. The van der Waals surface area contributed by atoms with Crippen LogP contribution in [0.1, 0.15) is 55.2 Å². The summed E-state index contributed by atoms with van der Waals surface area (Å²) in [4.78, 5) is 56.4. The highest BCUT2D eigenvalue weighted by atomic mass is 35.5. The Morgan fingerprint density at radius 3 is 2.55 bits per heavy atom. The van der Waals surface area contributed by atoms with Crippen molar-refractivity contribution in [2.75, 3.05) is 24.5 Å². The van der Waals surface area contributed by atoms with Crippen molar-refractivity contribution in [1.82, 2.24) is 24.4 Å². The Bertz CT molecular complexity index is 1800. The molecule has 0 unspecified atom stereocenters. The molecule has 0 atom stereocenters. The second kappa shape index (κ2) is 11.1. The minimum Gasteiger partial charge on any atom is -0.347 e. The number of benzene rings is 1. The second-order valence-electron chi connectivity index (χ2n) is 11.4. The van der Waals surface area contributed by atoms with Crippen LogP contribution in [0.4, 0.5) is 5.82 Å². The Morgan fingerprint density at radius 1 is 1.14 bits per heavy atom. The van der Waals surface area contributed by atoms with Crippen LogP contribution in [0, 0.1) is 6.92 Å². The number of nitrogens with zero attached hydrogens (tertiary/aromatic N) is 6. The average molecular weight is 585 g/mol. The lowest BCUT2D eigenvalue weighted by Gasteiger charge is -2.47. The molecule has 0 spiro atoms. The quantitative estimate of drug-likeness (QED) is 0.222. The molecule has 9 nitrogen and oxygen atoms in total. The number of hydrogen-bond donors (Lipinski definition) is 0. The molecule has 1 aromatic carbocycles. The molecule has 216 valence electrons. The number of amides is 1. The molecule has 5 rings (SSSR count). The number of piperazine rings is 1. The van der Waals surface area contributed by atoms with Crippen molar-refractivity contribution in [3.05, 3.63) is 87.6 Å².